The quantitative estimate of drug-likeness (QED) is 0.660. The highest BCUT2D eigenvalue weighted by Crippen LogP contribution is 2.24. The lowest BCUT2D eigenvalue weighted by Gasteiger charge is -2.07. The molecule has 0 aliphatic rings. The Morgan fingerprint density at radius 3 is 2.57 bits per heavy atom. The third kappa shape index (κ3) is 1.53. The van der Waals surface area contributed by atoms with E-state index in [0.29, 0.717) is 0 Å². The largest absolute Gasteiger partial charge is 0.264 e. The Morgan fingerprint density at radius 2 is 1.86 bits per heavy atom. The van der Waals surface area contributed by atoms with Gasteiger partial charge in [-0.2, -0.15) is 0 Å². The van der Waals surface area contributed by atoms with E-state index in [0.717, 1.165) is 0 Å². The number of aryl methyl sites for hydroxylation is 2. The lowest BCUT2D eigenvalue weighted by atomic mass is 9.99. The minimum absolute atomic E-state index is 1.20. The Hall–Kier alpha value is -1.63. The van der Waals surface area contributed by atoms with Gasteiger partial charge in [0.05, 0.1) is 0 Å². The first-order valence-electron chi connectivity index (χ1n) is 4.67. The summed E-state index contributed by atoms with van der Waals surface area (Å²) in [5, 5.41) is 0. The summed E-state index contributed by atoms with van der Waals surface area (Å²) >= 11 is 0. The molecule has 0 unspecified atom stereocenters. The van der Waals surface area contributed by atoms with Crippen molar-refractivity contribution in [2.45, 2.75) is 13.8 Å². The van der Waals surface area contributed by atoms with E-state index in [2.05, 4.69) is 31.0 Å². The fourth-order valence-electron chi connectivity index (χ4n) is 1.54. The van der Waals surface area contributed by atoms with Gasteiger partial charge >= 0.3 is 0 Å². The number of aromatic nitrogens is 1. The third-order valence-electron chi connectivity index (χ3n) is 2.41. The monoisotopic (exact) mass is 182 g/mol. The van der Waals surface area contributed by atoms with Crippen molar-refractivity contribution >= 4 is 0 Å². The average Bonchev–Trinajstić information content (AvgIpc) is 2.20. The van der Waals surface area contributed by atoms with E-state index >= 15 is 0 Å². The SMILES string of the molecule is Cc1cc[c]cc1-c1cnccc1C. The maximum absolute atomic E-state index is 4.15. The second kappa shape index (κ2) is 3.62. The molecule has 1 nitrogen and oxygen atoms in total. The van der Waals surface area contributed by atoms with Gasteiger partial charge in [0.1, 0.15) is 0 Å². The number of hydrogen-bond donors (Lipinski definition) is 0. The number of rotatable bonds is 1. The summed E-state index contributed by atoms with van der Waals surface area (Å²) in [7, 11) is 0. The molecule has 69 valence electrons. The molecule has 1 heteroatoms. The molecule has 0 bridgehead atoms. The Balaban J connectivity index is 2.61. The average molecular weight is 182 g/mol. The topological polar surface area (TPSA) is 12.9 Å². The van der Waals surface area contributed by atoms with Gasteiger partial charge in [0, 0.05) is 18.0 Å². The normalized spacial score (nSPS) is 10.1. The molecule has 0 aliphatic heterocycles. The van der Waals surface area contributed by atoms with Gasteiger partial charge in [-0.15, -0.1) is 0 Å². The summed E-state index contributed by atoms with van der Waals surface area (Å²) < 4.78 is 0. The van der Waals surface area contributed by atoms with Crippen LogP contribution in [0.3, 0.4) is 0 Å². The molecule has 0 aliphatic carbocycles. The Morgan fingerprint density at radius 1 is 1.07 bits per heavy atom. The van der Waals surface area contributed by atoms with E-state index in [9.17, 15) is 0 Å². The lowest BCUT2D eigenvalue weighted by Crippen LogP contribution is -1.87. The van der Waals surface area contributed by atoms with E-state index in [4.69, 9.17) is 0 Å². The number of hydrogen-bond acceptors (Lipinski definition) is 1. The first-order valence-corrected chi connectivity index (χ1v) is 4.67. The molecule has 0 atom stereocenters. The highest BCUT2D eigenvalue weighted by Gasteiger charge is 2.03. The third-order valence-corrected chi connectivity index (χ3v) is 2.41. The van der Waals surface area contributed by atoms with Gasteiger partial charge in [0.25, 0.3) is 0 Å². The summed E-state index contributed by atoms with van der Waals surface area (Å²) in [5.41, 5.74) is 4.93. The van der Waals surface area contributed by atoms with Crippen LogP contribution >= 0.6 is 0 Å². The maximum Gasteiger partial charge on any atom is 0.0349 e. The van der Waals surface area contributed by atoms with Crippen molar-refractivity contribution in [2.24, 2.45) is 0 Å². The van der Waals surface area contributed by atoms with Crippen molar-refractivity contribution in [1.29, 1.82) is 0 Å². The molecule has 1 aromatic heterocycles. The predicted octanol–water partition coefficient (Wildman–Crippen LogP) is 3.17. The smallest absolute Gasteiger partial charge is 0.0349 e. The van der Waals surface area contributed by atoms with Gasteiger partial charge < -0.3 is 0 Å². The van der Waals surface area contributed by atoms with Crippen LogP contribution in [0.4, 0.5) is 0 Å². The van der Waals surface area contributed by atoms with E-state index in [-0.39, 0.29) is 0 Å². The second-order valence-corrected chi connectivity index (χ2v) is 3.43. The second-order valence-electron chi connectivity index (χ2n) is 3.43. The molecule has 1 aromatic carbocycles. The van der Waals surface area contributed by atoms with E-state index in [1.807, 2.05) is 30.6 Å². The van der Waals surface area contributed by atoms with Crippen molar-refractivity contribution < 1.29 is 0 Å². The summed E-state index contributed by atoms with van der Waals surface area (Å²) in [6, 6.07) is 11.1. The van der Waals surface area contributed by atoms with Crippen LogP contribution in [0.25, 0.3) is 11.1 Å². The summed E-state index contributed by atoms with van der Waals surface area (Å²) in [5.74, 6) is 0. The van der Waals surface area contributed by atoms with Crippen LogP contribution < -0.4 is 0 Å². The van der Waals surface area contributed by atoms with E-state index in [1.165, 1.54) is 22.3 Å². The molecule has 14 heavy (non-hydrogen) atoms. The molecular formula is C13H12N. The van der Waals surface area contributed by atoms with Crippen LogP contribution in [-0.4, -0.2) is 4.98 Å². The molecule has 0 N–H and O–H groups in total. The number of pyridine rings is 1. The Kier molecular flexibility index (Phi) is 2.32. The lowest BCUT2D eigenvalue weighted by molar-refractivity contribution is 1.28. The van der Waals surface area contributed by atoms with Crippen LogP contribution in [0, 0.1) is 19.9 Å². The molecule has 1 radical (unpaired) electrons. The van der Waals surface area contributed by atoms with Gasteiger partial charge in [-0.25, -0.2) is 0 Å². The van der Waals surface area contributed by atoms with Crippen LogP contribution in [0.1, 0.15) is 11.1 Å². The molecule has 2 rings (SSSR count). The molecule has 1 heterocycles. The molecule has 0 saturated heterocycles. The minimum Gasteiger partial charge on any atom is -0.264 e. The minimum atomic E-state index is 1.20. The van der Waals surface area contributed by atoms with Gasteiger partial charge in [-0.3, -0.25) is 4.98 Å². The summed E-state index contributed by atoms with van der Waals surface area (Å²) in [4.78, 5) is 4.15. The Bertz CT molecular complexity index is 403. The van der Waals surface area contributed by atoms with E-state index in [1.54, 1.807) is 0 Å². The molecule has 0 saturated carbocycles. The maximum atomic E-state index is 4.15. The molecule has 2 aromatic rings. The van der Waals surface area contributed by atoms with Crippen LogP contribution in [0.5, 0.6) is 0 Å². The first kappa shape index (κ1) is 8.95. The van der Waals surface area contributed by atoms with Crippen molar-refractivity contribution in [2.75, 3.05) is 0 Å². The van der Waals surface area contributed by atoms with Gasteiger partial charge in [0.15, 0.2) is 0 Å². The van der Waals surface area contributed by atoms with Crippen LogP contribution in [0.15, 0.2) is 36.7 Å². The predicted molar refractivity (Wildman–Crippen MR) is 58.0 cm³/mol. The molecule has 0 spiro atoms. The van der Waals surface area contributed by atoms with Gasteiger partial charge in [-0.05, 0) is 48.7 Å². The zero-order chi connectivity index (χ0) is 9.97. The fourth-order valence-corrected chi connectivity index (χ4v) is 1.54. The standard InChI is InChI=1S/C13H12N/c1-10-5-3-4-6-12(10)13-9-14-8-7-11(13)2/h3,5-9H,1-2H3. The number of nitrogens with zero attached hydrogens (tertiary/aromatic N) is 1. The van der Waals surface area contributed by atoms with Crippen molar-refractivity contribution in [3.8, 4) is 11.1 Å². The van der Waals surface area contributed by atoms with Crippen molar-refractivity contribution in [1.82, 2.24) is 4.98 Å². The molecule has 0 amide bonds. The van der Waals surface area contributed by atoms with Crippen LogP contribution in [-0.2, 0) is 0 Å². The zero-order valence-electron chi connectivity index (χ0n) is 8.41. The Labute approximate surface area is 84.4 Å². The van der Waals surface area contributed by atoms with Crippen LogP contribution in [0.2, 0.25) is 0 Å². The fraction of sp³-hybridized carbons (Fsp3) is 0.154. The first-order chi connectivity index (χ1) is 6.79. The summed E-state index contributed by atoms with van der Waals surface area (Å²) in [6.07, 6.45) is 3.73. The highest BCUT2D eigenvalue weighted by atomic mass is 14.6. The van der Waals surface area contributed by atoms with E-state index < -0.39 is 0 Å². The van der Waals surface area contributed by atoms with Gasteiger partial charge in [0.2, 0.25) is 0 Å². The molecule has 0 fully saturated rings. The molecular weight excluding hydrogens is 170 g/mol. The zero-order valence-corrected chi connectivity index (χ0v) is 8.41. The van der Waals surface area contributed by atoms with Crippen molar-refractivity contribution in [3.63, 3.8) is 0 Å². The summed E-state index contributed by atoms with van der Waals surface area (Å²) in [6.45, 7) is 4.21. The van der Waals surface area contributed by atoms with Crippen molar-refractivity contribution in [3.05, 3.63) is 53.9 Å². The number of benzene rings is 1. The van der Waals surface area contributed by atoms with Gasteiger partial charge in [-0.1, -0.05) is 12.1 Å². The highest BCUT2D eigenvalue weighted by molar-refractivity contribution is 5.69.